The molecule has 1 N–H and O–H groups in total. The van der Waals surface area contributed by atoms with Crippen molar-refractivity contribution in [3.63, 3.8) is 0 Å². The molecule has 0 unspecified atom stereocenters. The quantitative estimate of drug-likeness (QED) is 0.694. The van der Waals surface area contributed by atoms with Crippen LogP contribution >= 0.6 is 23.1 Å². The maximum atomic E-state index is 14.2. The van der Waals surface area contributed by atoms with Gasteiger partial charge in [0.15, 0.2) is 11.6 Å². The molecule has 0 aliphatic heterocycles. The summed E-state index contributed by atoms with van der Waals surface area (Å²) in [6, 6.07) is 7.12. The molecule has 0 bridgehead atoms. The number of hydrogen-bond acceptors (Lipinski definition) is 6. The summed E-state index contributed by atoms with van der Waals surface area (Å²) >= 11 is 6.49. The normalized spacial score (nSPS) is 11.3. The third-order valence-electron chi connectivity index (χ3n) is 2.90. The average Bonchev–Trinajstić information content (AvgIpc) is 3.04. The molecule has 0 spiro atoms. The second kappa shape index (κ2) is 6.90. The van der Waals surface area contributed by atoms with E-state index in [1.54, 1.807) is 0 Å². The van der Waals surface area contributed by atoms with E-state index in [0.717, 1.165) is 17.9 Å². The molecule has 0 saturated carbocycles. The number of nitrogens with one attached hydrogen (secondary N) is 1. The molecule has 1 heterocycles. The van der Waals surface area contributed by atoms with Crippen molar-refractivity contribution in [3.05, 3.63) is 59.4 Å². The van der Waals surface area contributed by atoms with Gasteiger partial charge in [0.05, 0.1) is 0 Å². The Kier molecular flexibility index (Phi) is 4.84. The van der Waals surface area contributed by atoms with E-state index in [9.17, 15) is 17.2 Å². The number of hydrogen-bond donors (Lipinski definition) is 1. The van der Waals surface area contributed by atoms with Crippen LogP contribution in [0.1, 0.15) is 0 Å². The Bertz CT molecular complexity index is 997. The van der Waals surface area contributed by atoms with Crippen molar-refractivity contribution in [3.8, 4) is 11.5 Å². The SMILES string of the molecule is O=S(=O)(Nc1ncns1)c1cc(F)c(Oc2ccc(Cl)cc2)cc1F. The average molecular weight is 404 g/mol. The van der Waals surface area contributed by atoms with Crippen LogP contribution in [-0.4, -0.2) is 17.8 Å². The number of anilines is 1. The van der Waals surface area contributed by atoms with E-state index in [2.05, 4.69) is 9.36 Å². The van der Waals surface area contributed by atoms with Gasteiger partial charge in [-0.2, -0.15) is 4.37 Å². The van der Waals surface area contributed by atoms with Crippen LogP contribution in [0.4, 0.5) is 13.9 Å². The second-order valence-corrected chi connectivity index (χ2v) is 7.49. The molecule has 11 heteroatoms. The molecule has 1 aromatic heterocycles. The van der Waals surface area contributed by atoms with E-state index < -0.39 is 32.3 Å². The van der Waals surface area contributed by atoms with E-state index in [0.29, 0.717) is 17.2 Å². The molecule has 0 atom stereocenters. The molecule has 0 radical (unpaired) electrons. The number of aromatic nitrogens is 2. The molecule has 3 rings (SSSR count). The molecule has 130 valence electrons. The van der Waals surface area contributed by atoms with Crippen LogP contribution in [0.2, 0.25) is 5.02 Å². The monoisotopic (exact) mass is 403 g/mol. The lowest BCUT2D eigenvalue weighted by Gasteiger charge is -2.10. The van der Waals surface area contributed by atoms with E-state index in [4.69, 9.17) is 16.3 Å². The van der Waals surface area contributed by atoms with Crippen LogP contribution in [0, 0.1) is 11.6 Å². The van der Waals surface area contributed by atoms with Gasteiger partial charge in [-0.25, -0.2) is 22.2 Å². The van der Waals surface area contributed by atoms with Crippen molar-refractivity contribution >= 4 is 38.3 Å². The lowest BCUT2D eigenvalue weighted by Crippen LogP contribution is -2.15. The third-order valence-corrected chi connectivity index (χ3v) is 5.22. The van der Waals surface area contributed by atoms with Crippen molar-refractivity contribution in [2.24, 2.45) is 0 Å². The molecule has 0 amide bonds. The van der Waals surface area contributed by atoms with Crippen LogP contribution in [0.3, 0.4) is 0 Å². The fraction of sp³-hybridized carbons (Fsp3) is 0. The highest BCUT2D eigenvalue weighted by Crippen LogP contribution is 2.30. The predicted molar refractivity (Wildman–Crippen MR) is 88.6 cm³/mol. The molecule has 0 fully saturated rings. The predicted octanol–water partition coefficient (Wildman–Crippen LogP) is 4.06. The zero-order chi connectivity index (χ0) is 18.0. The standard InChI is InChI=1S/C14H8ClF2N3O3S2/c15-8-1-3-9(4-2-8)23-12-5-11(17)13(6-10(12)16)25(21,22)20-14-18-7-19-24-14/h1-7H,(H,18,19,20). The summed E-state index contributed by atoms with van der Waals surface area (Å²) < 4.78 is 63.5. The van der Waals surface area contributed by atoms with E-state index in [-0.39, 0.29) is 10.9 Å². The van der Waals surface area contributed by atoms with Crippen LogP contribution in [0.5, 0.6) is 11.5 Å². The Morgan fingerprint density at radius 3 is 2.48 bits per heavy atom. The summed E-state index contributed by atoms with van der Waals surface area (Å²) in [5.74, 6) is -2.48. The fourth-order valence-electron chi connectivity index (χ4n) is 1.81. The Labute approximate surface area is 150 Å². The Balaban J connectivity index is 1.90. The maximum absolute atomic E-state index is 14.2. The minimum atomic E-state index is -4.36. The Morgan fingerprint density at radius 2 is 1.84 bits per heavy atom. The van der Waals surface area contributed by atoms with Crippen LogP contribution in [-0.2, 0) is 10.0 Å². The van der Waals surface area contributed by atoms with E-state index >= 15 is 0 Å². The van der Waals surface area contributed by atoms with Crippen molar-refractivity contribution in [1.29, 1.82) is 0 Å². The minimum absolute atomic E-state index is 0.0682. The smallest absolute Gasteiger partial charge is 0.266 e. The molecular formula is C14H8ClF2N3O3S2. The van der Waals surface area contributed by atoms with Gasteiger partial charge < -0.3 is 4.74 Å². The number of ether oxygens (including phenoxy) is 1. The first-order chi connectivity index (χ1) is 11.8. The third kappa shape index (κ3) is 4.03. The number of rotatable bonds is 5. The zero-order valence-electron chi connectivity index (χ0n) is 12.1. The van der Waals surface area contributed by atoms with Gasteiger partial charge in [-0.3, -0.25) is 4.72 Å². The minimum Gasteiger partial charge on any atom is -0.454 e. The zero-order valence-corrected chi connectivity index (χ0v) is 14.5. The highest BCUT2D eigenvalue weighted by molar-refractivity contribution is 7.93. The van der Waals surface area contributed by atoms with Gasteiger partial charge >= 0.3 is 0 Å². The lowest BCUT2D eigenvalue weighted by molar-refractivity contribution is 0.432. The molecule has 2 aromatic carbocycles. The number of sulfonamides is 1. The molecule has 0 saturated heterocycles. The van der Waals surface area contributed by atoms with Gasteiger partial charge in [0, 0.05) is 28.7 Å². The Morgan fingerprint density at radius 1 is 1.12 bits per heavy atom. The topological polar surface area (TPSA) is 81.2 Å². The van der Waals surface area contributed by atoms with Gasteiger partial charge in [-0.15, -0.1) is 0 Å². The highest BCUT2D eigenvalue weighted by Gasteiger charge is 2.24. The second-order valence-electron chi connectivity index (χ2n) is 4.62. The van der Waals surface area contributed by atoms with Gasteiger partial charge in [0.1, 0.15) is 22.8 Å². The molecular weight excluding hydrogens is 396 g/mol. The van der Waals surface area contributed by atoms with E-state index in [1.807, 2.05) is 4.72 Å². The fourth-order valence-corrected chi connectivity index (χ4v) is 3.67. The van der Waals surface area contributed by atoms with Gasteiger partial charge in [-0.1, -0.05) is 11.6 Å². The summed E-state index contributed by atoms with van der Waals surface area (Å²) in [4.78, 5) is 2.75. The number of halogens is 3. The highest BCUT2D eigenvalue weighted by atomic mass is 35.5. The van der Waals surface area contributed by atoms with Crippen LogP contribution in [0.25, 0.3) is 0 Å². The lowest BCUT2D eigenvalue weighted by atomic mass is 10.3. The van der Waals surface area contributed by atoms with Gasteiger partial charge in [0.25, 0.3) is 10.0 Å². The molecule has 25 heavy (non-hydrogen) atoms. The summed E-state index contributed by atoms with van der Waals surface area (Å²) in [6.45, 7) is 0. The largest absolute Gasteiger partial charge is 0.454 e. The Hall–Kier alpha value is -2.30. The van der Waals surface area contributed by atoms with Crippen LogP contribution < -0.4 is 9.46 Å². The summed E-state index contributed by atoms with van der Waals surface area (Å²) in [6.07, 6.45) is 1.13. The summed E-state index contributed by atoms with van der Waals surface area (Å²) in [5.41, 5.74) is 0. The van der Waals surface area contributed by atoms with Crippen LogP contribution in [0.15, 0.2) is 47.6 Å². The van der Waals surface area contributed by atoms with Gasteiger partial charge in [-0.05, 0) is 24.3 Å². The summed E-state index contributed by atoms with van der Waals surface area (Å²) in [5, 5.41) is 0.379. The van der Waals surface area contributed by atoms with Crippen molar-refractivity contribution in [1.82, 2.24) is 9.36 Å². The first-order valence-electron chi connectivity index (χ1n) is 6.57. The molecule has 6 nitrogen and oxygen atoms in total. The molecule has 3 aromatic rings. The first kappa shape index (κ1) is 17.5. The van der Waals surface area contributed by atoms with E-state index in [1.165, 1.54) is 24.3 Å². The van der Waals surface area contributed by atoms with Crippen molar-refractivity contribution < 1.29 is 21.9 Å². The molecule has 0 aliphatic carbocycles. The van der Waals surface area contributed by atoms with Gasteiger partial charge in [0.2, 0.25) is 5.13 Å². The molecule has 0 aliphatic rings. The maximum Gasteiger partial charge on any atom is 0.266 e. The summed E-state index contributed by atoms with van der Waals surface area (Å²) in [7, 11) is -4.36. The van der Waals surface area contributed by atoms with Crippen molar-refractivity contribution in [2.75, 3.05) is 4.72 Å². The number of benzene rings is 2. The first-order valence-corrected chi connectivity index (χ1v) is 9.20. The number of nitrogens with zero attached hydrogens (tertiary/aromatic N) is 2. The van der Waals surface area contributed by atoms with Crippen molar-refractivity contribution in [2.45, 2.75) is 4.90 Å².